The minimum Gasteiger partial charge on any atom is -0.357 e. The first-order valence-corrected chi connectivity index (χ1v) is 10.5. The molecule has 1 aromatic heterocycles. The molecule has 0 amide bonds. The fourth-order valence-electron chi connectivity index (χ4n) is 3.55. The number of H-pyrrole nitrogens is 1. The van der Waals surface area contributed by atoms with E-state index in [0.717, 1.165) is 48.6 Å². The van der Waals surface area contributed by atoms with Gasteiger partial charge in [0.15, 0.2) is 5.96 Å². The number of fused-ring (bicyclic) bond motifs is 1. The number of hydrogen-bond donors (Lipinski definition) is 3. The molecule has 1 aliphatic rings. The number of aromatic nitrogens is 1. The van der Waals surface area contributed by atoms with Gasteiger partial charge in [-0.1, -0.05) is 31.5 Å². The Morgan fingerprint density at radius 2 is 2.20 bits per heavy atom. The number of rotatable bonds is 5. The molecule has 136 valence electrons. The van der Waals surface area contributed by atoms with Crippen LogP contribution in [0.25, 0.3) is 10.9 Å². The molecule has 0 saturated heterocycles. The van der Waals surface area contributed by atoms with Gasteiger partial charge in [0.2, 0.25) is 0 Å². The second-order valence-corrected chi connectivity index (χ2v) is 8.61. The van der Waals surface area contributed by atoms with E-state index in [1.54, 1.807) is 7.05 Å². The quantitative estimate of drug-likeness (QED) is 0.567. The Bertz CT molecular complexity index is 722. The Kier molecular flexibility index (Phi) is 6.13. The molecule has 1 saturated carbocycles. The number of guanidine groups is 1. The first-order valence-electron chi connectivity index (χ1n) is 9.10. The highest BCUT2D eigenvalue weighted by atomic mass is 32.2. The van der Waals surface area contributed by atoms with Gasteiger partial charge in [-0.15, -0.1) is 0 Å². The van der Waals surface area contributed by atoms with E-state index in [2.05, 4.69) is 38.8 Å². The largest absolute Gasteiger partial charge is 0.357 e. The van der Waals surface area contributed by atoms with E-state index in [1.165, 1.54) is 5.39 Å². The Hall–Kier alpha value is -1.82. The molecule has 2 aromatic rings. The van der Waals surface area contributed by atoms with Crippen molar-refractivity contribution in [2.24, 2.45) is 4.99 Å². The van der Waals surface area contributed by atoms with Crippen LogP contribution in [0.4, 0.5) is 0 Å². The summed E-state index contributed by atoms with van der Waals surface area (Å²) < 4.78 is 12.1. The van der Waals surface area contributed by atoms with E-state index in [0.29, 0.717) is 17.8 Å². The van der Waals surface area contributed by atoms with Gasteiger partial charge < -0.3 is 15.6 Å². The lowest BCUT2D eigenvalue weighted by atomic mass is 9.95. The number of para-hydroxylation sites is 1. The fraction of sp³-hybridized carbons (Fsp3) is 0.526. The first kappa shape index (κ1) is 18.0. The summed E-state index contributed by atoms with van der Waals surface area (Å²) in [4.78, 5) is 7.77. The minimum absolute atomic E-state index is 0.322. The van der Waals surface area contributed by atoms with Crippen molar-refractivity contribution in [2.75, 3.05) is 12.8 Å². The SMILES string of the molecule is CCS(=O)C1CCCC(NC(=NC)NCc2cc3ccccc3[nH]2)C1. The van der Waals surface area contributed by atoms with Crippen molar-refractivity contribution in [3.05, 3.63) is 36.0 Å². The summed E-state index contributed by atoms with van der Waals surface area (Å²) in [6.45, 7) is 2.71. The standard InChI is InChI=1S/C19H28N4OS/c1-3-25(24)17-9-6-8-15(12-17)23-19(20-2)21-13-16-11-14-7-4-5-10-18(14)22-16/h4-5,7,10-11,15,17,22H,3,6,8-9,12-13H2,1-2H3,(H2,20,21,23). The van der Waals surface area contributed by atoms with E-state index >= 15 is 0 Å². The van der Waals surface area contributed by atoms with Gasteiger partial charge in [0.25, 0.3) is 0 Å². The molecule has 1 aliphatic carbocycles. The average Bonchev–Trinajstić information content (AvgIpc) is 3.07. The number of nitrogens with zero attached hydrogens (tertiary/aromatic N) is 1. The average molecular weight is 361 g/mol. The van der Waals surface area contributed by atoms with Crippen molar-refractivity contribution in [3.8, 4) is 0 Å². The maximum atomic E-state index is 12.1. The van der Waals surface area contributed by atoms with Crippen LogP contribution in [-0.4, -0.2) is 39.2 Å². The van der Waals surface area contributed by atoms with E-state index < -0.39 is 10.8 Å². The third kappa shape index (κ3) is 4.63. The summed E-state index contributed by atoms with van der Waals surface area (Å²) in [5.41, 5.74) is 2.29. The smallest absolute Gasteiger partial charge is 0.191 e. The molecule has 5 nitrogen and oxygen atoms in total. The number of aromatic amines is 1. The Labute approximate surface area is 152 Å². The summed E-state index contributed by atoms with van der Waals surface area (Å²) in [6.07, 6.45) is 4.30. The minimum atomic E-state index is -0.699. The summed E-state index contributed by atoms with van der Waals surface area (Å²) in [6, 6.07) is 10.8. The lowest BCUT2D eigenvalue weighted by Gasteiger charge is -2.30. The number of aliphatic imine (C=N–C) groups is 1. The zero-order chi connectivity index (χ0) is 17.6. The number of nitrogens with one attached hydrogen (secondary N) is 3. The van der Waals surface area contributed by atoms with Gasteiger partial charge in [0.05, 0.1) is 6.54 Å². The predicted molar refractivity (Wildman–Crippen MR) is 106 cm³/mol. The summed E-state index contributed by atoms with van der Waals surface area (Å²) in [5.74, 6) is 1.57. The highest BCUT2D eigenvalue weighted by Gasteiger charge is 2.26. The molecule has 3 atom stereocenters. The van der Waals surface area contributed by atoms with E-state index in [1.807, 2.05) is 19.1 Å². The molecule has 0 bridgehead atoms. The first-order chi connectivity index (χ1) is 12.2. The molecule has 3 unspecified atom stereocenters. The maximum absolute atomic E-state index is 12.1. The van der Waals surface area contributed by atoms with Gasteiger partial charge in [-0.2, -0.15) is 0 Å². The Morgan fingerprint density at radius 1 is 1.36 bits per heavy atom. The van der Waals surface area contributed by atoms with Gasteiger partial charge >= 0.3 is 0 Å². The van der Waals surface area contributed by atoms with Crippen LogP contribution in [0, 0.1) is 0 Å². The molecule has 1 aromatic carbocycles. The second kappa shape index (κ2) is 8.52. The predicted octanol–water partition coefficient (Wildman–Crippen LogP) is 2.91. The van der Waals surface area contributed by atoms with Crippen LogP contribution in [0.1, 0.15) is 38.3 Å². The van der Waals surface area contributed by atoms with Crippen LogP contribution in [-0.2, 0) is 17.3 Å². The van der Waals surface area contributed by atoms with Crippen molar-refractivity contribution < 1.29 is 4.21 Å². The van der Waals surface area contributed by atoms with Crippen molar-refractivity contribution in [3.63, 3.8) is 0 Å². The molecular formula is C19H28N4OS. The lowest BCUT2D eigenvalue weighted by molar-refractivity contribution is 0.413. The lowest BCUT2D eigenvalue weighted by Crippen LogP contribution is -2.46. The van der Waals surface area contributed by atoms with Gasteiger partial charge in [0, 0.05) is 46.1 Å². The van der Waals surface area contributed by atoms with E-state index in [-0.39, 0.29) is 0 Å². The number of benzene rings is 1. The Morgan fingerprint density at radius 3 is 2.96 bits per heavy atom. The molecular weight excluding hydrogens is 332 g/mol. The van der Waals surface area contributed by atoms with Gasteiger partial charge in [-0.05, 0) is 36.8 Å². The fourth-order valence-corrected chi connectivity index (χ4v) is 4.89. The Balaban J connectivity index is 1.55. The molecule has 1 fully saturated rings. The van der Waals surface area contributed by atoms with E-state index in [4.69, 9.17) is 0 Å². The van der Waals surface area contributed by atoms with Crippen molar-refractivity contribution in [2.45, 2.75) is 50.4 Å². The highest BCUT2D eigenvalue weighted by Crippen LogP contribution is 2.23. The summed E-state index contributed by atoms with van der Waals surface area (Å²) >= 11 is 0. The third-order valence-electron chi connectivity index (χ3n) is 4.88. The third-order valence-corrected chi connectivity index (χ3v) is 6.62. The molecule has 3 N–H and O–H groups in total. The van der Waals surface area contributed by atoms with Gasteiger partial charge in [0.1, 0.15) is 0 Å². The van der Waals surface area contributed by atoms with Gasteiger partial charge in [-0.25, -0.2) is 0 Å². The van der Waals surface area contributed by atoms with E-state index in [9.17, 15) is 4.21 Å². The topological polar surface area (TPSA) is 69.3 Å². The molecule has 0 radical (unpaired) electrons. The van der Waals surface area contributed by atoms with Crippen molar-refractivity contribution in [1.82, 2.24) is 15.6 Å². The van der Waals surface area contributed by atoms with Gasteiger partial charge in [-0.3, -0.25) is 9.20 Å². The summed E-state index contributed by atoms with van der Waals surface area (Å²) in [5, 5.41) is 8.44. The molecule has 0 aliphatic heterocycles. The molecule has 3 rings (SSSR count). The van der Waals surface area contributed by atoms with Crippen LogP contribution in [0.3, 0.4) is 0 Å². The zero-order valence-corrected chi connectivity index (χ0v) is 15.9. The number of hydrogen-bond acceptors (Lipinski definition) is 2. The normalized spacial score (nSPS) is 22.7. The summed E-state index contributed by atoms with van der Waals surface area (Å²) in [7, 11) is 1.10. The van der Waals surface area contributed by atoms with Crippen LogP contribution < -0.4 is 10.6 Å². The zero-order valence-electron chi connectivity index (χ0n) is 15.0. The highest BCUT2D eigenvalue weighted by molar-refractivity contribution is 7.85. The van der Waals surface area contributed by atoms with Crippen molar-refractivity contribution in [1.29, 1.82) is 0 Å². The molecule has 25 heavy (non-hydrogen) atoms. The van der Waals surface area contributed by atoms with Crippen LogP contribution in [0.15, 0.2) is 35.3 Å². The van der Waals surface area contributed by atoms with Crippen molar-refractivity contribution >= 4 is 27.7 Å². The second-order valence-electron chi connectivity index (χ2n) is 6.61. The van der Waals surface area contributed by atoms with Crippen LogP contribution in [0.5, 0.6) is 0 Å². The van der Waals surface area contributed by atoms with Crippen LogP contribution >= 0.6 is 0 Å². The molecule has 1 heterocycles. The van der Waals surface area contributed by atoms with Crippen LogP contribution in [0.2, 0.25) is 0 Å². The maximum Gasteiger partial charge on any atom is 0.191 e. The molecule has 0 spiro atoms. The molecule has 6 heteroatoms. The monoisotopic (exact) mass is 360 g/mol.